The van der Waals surface area contributed by atoms with Gasteiger partial charge >= 0.3 is 0 Å². The Hall–Kier alpha value is -1.90. The van der Waals surface area contributed by atoms with Crippen molar-refractivity contribution in [2.75, 3.05) is 11.9 Å². The summed E-state index contributed by atoms with van der Waals surface area (Å²) in [5, 5.41) is 3.39. The van der Waals surface area contributed by atoms with E-state index < -0.39 is 0 Å². The third kappa shape index (κ3) is 3.53. The average Bonchev–Trinajstić information content (AvgIpc) is 2.86. The van der Waals surface area contributed by atoms with Crippen LogP contribution in [0, 0.1) is 6.92 Å². The number of aryl methyl sites for hydroxylation is 2. The normalized spacial score (nSPS) is 10.5. The summed E-state index contributed by atoms with van der Waals surface area (Å²) in [6, 6.07) is 10.1. The van der Waals surface area contributed by atoms with E-state index in [9.17, 15) is 0 Å². The first-order valence-corrected chi connectivity index (χ1v) is 6.77. The molecule has 2 aromatic rings. The molecule has 0 unspecified atom stereocenters. The van der Waals surface area contributed by atoms with Gasteiger partial charge in [0.05, 0.1) is 13.2 Å². The molecule has 0 aliphatic heterocycles. The molecule has 0 bridgehead atoms. The summed E-state index contributed by atoms with van der Waals surface area (Å²) in [4.78, 5) is 0. The van der Waals surface area contributed by atoms with Crippen LogP contribution in [0.5, 0.6) is 5.75 Å². The van der Waals surface area contributed by atoms with E-state index in [1.165, 1.54) is 5.56 Å². The molecular formula is C16H21NO2. The number of ether oxygens (including phenoxy) is 1. The van der Waals surface area contributed by atoms with Gasteiger partial charge in [0.1, 0.15) is 17.3 Å². The van der Waals surface area contributed by atoms with Gasteiger partial charge in [0.15, 0.2) is 0 Å². The average molecular weight is 259 g/mol. The molecule has 0 saturated heterocycles. The Balaban J connectivity index is 1.99. The van der Waals surface area contributed by atoms with Gasteiger partial charge < -0.3 is 14.5 Å². The first-order chi connectivity index (χ1) is 9.22. The fourth-order valence-electron chi connectivity index (χ4n) is 1.98. The molecule has 1 aromatic heterocycles. The minimum Gasteiger partial charge on any atom is -0.494 e. The highest BCUT2D eigenvalue weighted by Crippen LogP contribution is 2.22. The first kappa shape index (κ1) is 13.5. The van der Waals surface area contributed by atoms with Gasteiger partial charge in [0.25, 0.3) is 0 Å². The van der Waals surface area contributed by atoms with Crippen molar-refractivity contribution in [1.29, 1.82) is 0 Å². The Kier molecular flexibility index (Phi) is 4.50. The molecule has 0 spiro atoms. The Labute approximate surface area is 114 Å². The summed E-state index contributed by atoms with van der Waals surface area (Å²) < 4.78 is 11.1. The highest BCUT2D eigenvalue weighted by Gasteiger charge is 2.03. The van der Waals surface area contributed by atoms with Crippen LogP contribution in [0.1, 0.15) is 30.9 Å². The monoisotopic (exact) mass is 259 g/mol. The minimum atomic E-state index is 0.693. The molecule has 3 nitrogen and oxygen atoms in total. The fourth-order valence-corrected chi connectivity index (χ4v) is 1.98. The molecule has 3 heteroatoms. The molecule has 0 atom stereocenters. The lowest BCUT2D eigenvalue weighted by Crippen LogP contribution is -2.00. The van der Waals surface area contributed by atoms with Crippen LogP contribution in [0.4, 0.5) is 5.69 Å². The van der Waals surface area contributed by atoms with Crippen LogP contribution >= 0.6 is 0 Å². The molecule has 1 N–H and O–H groups in total. The molecule has 0 fully saturated rings. The quantitative estimate of drug-likeness (QED) is 0.845. The predicted octanol–water partition coefficient (Wildman–Crippen LogP) is 4.16. The van der Waals surface area contributed by atoms with E-state index in [1.807, 2.05) is 37.3 Å². The van der Waals surface area contributed by atoms with Crippen LogP contribution in [-0.4, -0.2) is 6.61 Å². The standard InChI is InChI=1S/C16H21NO2/c1-4-13-6-7-15(19-13)11-17-16-9-8-14(18-5-2)10-12(16)3/h6-10,17H,4-5,11H2,1-3H3. The van der Waals surface area contributed by atoms with Gasteiger partial charge in [-0.1, -0.05) is 6.92 Å². The van der Waals surface area contributed by atoms with Gasteiger partial charge in [-0.3, -0.25) is 0 Å². The smallest absolute Gasteiger partial charge is 0.123 e. The minimum absolute atomic E-state index is 0.693. The third-order valence-electron chi connectivity index (χ3n) is 3.03. The summed E-state index contributed by atoms with van der Waals surface area (Å²) >= 11 is 0. The van der Waals surface area contributed by atoms with Gasteiger partial charge in [-0.15, -0.1) is 0 Å². The van der Waals surface area contributed by atoms with Crippen molar-refractivity contribution in [1.82, 2.24) is 0 Å². The Morgan fingerprint density at radius 2 is 1.89 bits per heavy atom. The fraction of sp³-hybridized carbons (Fsp3) is 0.375. The molecule has 19 heavy (non-hydrogen) atoms. The number of hydrogen-bond acceptors (Lipinski definition) is 3. The van der Waals surface area contributed by atoms with Gasteiger partial charge in [-0.25, -0.2) is 0 Å². The molecule has 1 aromatic carbocycles. The third-order valence-corrected chi connectivity index (χ3v) is 3.03. The lowest BCUT2D eigenvalue weighted by Gasteiger charge is -2.10. The van der Waals surface area contributed by atoms with Crippen LogP contribution in [-0.2, 0) is 13.0 Å². The zero-order valence-corrected chi connectivity index (χ0v) is 11.8. The summed E-state index contributed by atoms with van der Waals surface area (Å²) in [5.74, 6) is 2.90. The van der Waals surface area contributed by atoms with E-state index >= 15 is 0 Å². The van der Waals surface area contributed by atoms with E-state index in [0.717, 1.165) is 29.4 Å². The number of rotatable bonds is 6. The maximum absolute atomic E-state index is 5.67. The van der Waals surface area contributed by atoms with Crippen molar-refractivity contribution < 1.29 is 9.15 Å². The maximum Gasteiger partial charge on any atom is 0.123 e. The molecule has 0 saturated carbocycles. The van der Waals surface area contributed by atoms with Crippen molar-refractivity contribution >= 4 is 5.69 Å². The Morgan fingerprint density at radius 3 is 2.53 bits per heavy atom. The van der Waals surface area contributed by atoms with Crippen LogP contribution in [0.15, 0.2) is 34.7 Å². The number of nitrogens with one attached hydrogen (secondary N) is 1. The zero-order chi connectivity index (χ0) is 13.7. The molecule has 2 rings (SSSR count). The van der Waals surface area contributed by atoms with E-state index in [2.05, 4.69) is 19.2 Å². The Morgan fingerprint density at radius 1 is 1.11 bits per heavy atom. The predicted molar refractivity (Wildman–Crippen MR) is 77.8 cm³/mol. The molecule has 0 amide bonds. The van der Waals surface area contributed by atoms with E-state index in [4.69, 9.17) is 9.15 Å². The molecule has 1 heterocycles. The summed E-state index contributed by atoms with van der Waals surface area (Å²) in [6.45, 7) is 7.55. The topological polar surface area (TPSA) is 34.4 Å². The SMILES string of the molecule is CCOc1ccc(NCc2ccc(CC)o2)c(C)c1. The lowest BCUT2D eigenvalue weighted by atomic mass is 10.2. The van der Waals surface area contributed by atoms with Gasteiger partial charge in [-0.05, 0) is 49.7 Å². The maximum atomic E-state index is 5.67. The van der Waals surface area contributed by atoms with Crippen LogP contribution < -0.4 is 10.1 Å². The summed E-state index contributed by atoms with van der Waals surface area (Å²) in [5.41, 5.74) is 2.28. The number of anilines is 1. The van der Waals surface area contributed by atoms with Gasteiger partial charge in [0, 0.05) is 12.1 Å². The van der Waals surface area contributed by atoms with Crippen molar-refractivity contribution in [2.45, 2.75) is 33.7 Å². The number of benzene rings is 1. The van der Waals surface area contributed by atoms with Crippen LogP contribution in [0.25, 0.3) is 0 Å². The second kappa shape index (κ2) is 6.32. The largest absolute Gasteiger partial charge is 0.494 e. The van der Waals surface area contributed by atoms with E-state index in [1.54, 1.807) is 0 Å². The summed E-state index contributed by atoms with van der Waals surface area (Å²) in [6.07, 6.45) is 0.933. The lowest BCUT2D eigenvalue weighted by molar-refractivity contribution is 0.340. The zero-order valence-electron chi connectivity index (χ0n) is 11.8. The van der Waals surface area contributed by atoms with Gasteiger partial charge in [-0.2, -0.15) is 0 Å². The number of furan rings is 1. The van der Waals surface area contributed by atoms with Crippen LogP contribution in [0.3, 0.4) is 0 Å². The second-order valence-electron chi connectivity index (χ2n) is 4.48. The first-order valence-electron chi connectivity index (χ1n) is 6.77. The Bertz CT molecular complexity index is 531. The van der Waals surface area contributed by atoms with Crippen molar-refractivity contribution in [3.63, 3.8) is 0 Å². The summed E-state index contributed by atoms with van der Waals surface area (Å²) in [7, 11) is 0. The van der Waals surface area contributed by atoms with Gasteiger partial charge in [0.2, 0.25) is 0 Å². The van der Waals surface area contributed by atoms with E-state index in [0.29, 0.717) is 13.2 Å². The van der Waals surface area contributed by atoms with E-state index in [-0.39, 0.29) is 0 Å². The molecule has 0 aliphatic carbocycles. The highest BCUT2D eigenvalue weighted by molar-refractivity contribution is 5.53. The number of hydrogen-bond donors (Lipinski definition) is 1. The van der Waals surface area contributed by atoms with Crippen LogP contribution in [0.2, 0.25) is 0 Å². The second-order valence-corrected chi connectivity index (χ2v) is 4.48. The van der Waals surface area contributed by atoms with Crippen molar-refractivity contribution in [3.8, 4) is 5.75 Å². The van der Waals surface area contributed by atoms with Crippen molar-refractivity contribution in [2.24, 2.45) is 0 Å². The molecular weight excluding hydrogens is 238 g/mol. The van der Waals surface area contributed by atoms with Crippen molar-refractivity contribution in [3.05, 3.63) is 47.4 Å². The highest BCUT2D eigenvalue weighted by atomic mass is 16.5. The molecule has 0 radical (unpaired) electrons. The molecule has 0 aliphatic rings. The molecule has 102 valence electrons.